The highest BCUT2D eigenvalue weighted by molar-refractivity contribution is 5.94. The summed E-state index contributed by atoms with van der Waals surface area (Å²) >= 11 is 0. The minimum absolute atomic E-state index is 0.0624. The van der Waals surface area contributed by atoms with Gasteiger partial charge in [-0.15, -0.1) is 0 Å². The van der Waals surface area contributed by atoms with E-state index in [9.17, 15) is 13.6 Å². The van der Waals surface area contributed by atoms with Crippen molar-refractivity contribution in [1.82, 2.24) is 16.0 Å². The fraction of sp³-hybridized carbons (Fsp3) is 0.333. The molecule has 0 fully saturated rings. The lowest BCUT2D eigenvalue weighted by Gasteiger charge is -2.15. The molecule has 0 aliphatic rings. The third kappa shape index (κ3) is 6.91. The van der Waals surface area contributed by atoms with Crippen molar-refractivity contribution in [2.45, 2.75) is 26.6 Å². The summed E-state index contributed by atoms with van der Waals surface area (Å²) in [5.41, 5.74) is 1.91. The van der Waals surface area contributed by atoms with Crippen LogP contribution < -0.4 is 25.4 Å². The van der Waals surface area contributed by atoms with Gasteiger partial charge in [-0.25, -0.2) is 4.99 Å². The van der Waals surface area contributed by atoms with Crippen LogP contribution in [0, 0.1) is 0 Å². The molecule has 9 heteroatoms. The molecule has 0 aliphatic carbocycles. The minimum atomic E-state index is -2.92. The average Bonchev–Trinajstić information content (AvgIpc) is 2.75. The van der Waals surface area contributed by atoms with Gasteiger partial charge in [-0.1, -0.05) is 12.1 Å². The molecule has 0 heterocycles. The fourth-order valence-electron chi connectivity index (χ4n) is 2.68. The Hall–Kier alpha value is -3.36. The third-order valence-corrected chi connectivity index (χ3v) is 4.11. The first-order chi connectivity index (χ1) is 14.5. The van der Waals surface area contributed by atoms with E-state index in [-0.39, 0.29) is 18.2 Å². The highest BCUT2D eigenvalue weighted by Gasteiger charge is 2.12. The Balaban J connectivity index is 2.13. The number of halogens is 2. The molecule has 0 saturated heterocycles. The van der Waals surface area contributed by atoms with Crippen molar-refractivity contribution in [1.29, 1.82) is 0 Å². The highest BCUT2D eigenvalue weighted by Crippen LogP contribution is 2.25. The molecule has 0 aromatic heterocycles. The second-order valence-corrected chi connectivity index (χ2v) is 6.18. The molecule has 2 aromatic rings. The Labute approximate surface area is 174 Å². The number of hydrogen-bond acceptors (Lipinski definition) is 4. The largest absolute Gasteiger partial charge is 0.497 e. The molecule has 162 valence electrons. The number of guanidine groups is 1. The summed E-state index contributed by atoms with van der Waals surface area (Å²) in [6.07, 6.45) is 0. The number of alkyl halides is 2. The second-order valence-electron chi connectivity index (χ2n) is 6.18. The van der Waals surface area contributed by atoms with Crippen molar-refractivity contribution in [2.24, 2.45) is 4.99 Å². The maximum Gasteiger partial charge on any atom is 0.387 e. The van der Waals surface area contributed by atoms with Gasteiger partial charge in [-0.2, -0.15) is 8.78 Å². The molecule has 0 aliphatic heterocycles. The molecule has 0 spiro atoms. The summed E-state index contributed by atoms with van der Waals surface area (Å²) in [5.74, 6) is 0.915. The zero-order valence-electron chi connectivity index (χ0n) is 17.2. The second kappa shape index (κ2) is 11.6. The Kier molecular flexibility index (Phi) is 8.86. The van der Waals surface area contributed by atoms with Crippen molar-refractivity contribution in [3.8, 4) is 11.5 Å². The van der Waals surface area contributed by atoms with E-state index < -0.39 is 6.61 Å². The summed E-state index contributed by atoms with van der Waals surface area (Å²) in [4.78, 5) is 16.3. The maximum atomic E-state index is 12.7. The third-order valence-electron chi connectivity index (χ3n) is 4.11. The zero-order valence-corrected chi connectivity index (χ0v) is 17.2. The Morgan fingerprint density at radius 2 is 1.97 bits per heavy atom. The molecule has 0 atom stereocenters. The predicted molar refractivity (Wildman–Crippen MR) is 111 cm³/mol. The van der Waals surface area contributed by atoms with Crippen LogP contribution in [0.3, 0.4) is 0 Å². The van der Waals surface area contributed by atoms with E-state index in [0.29, 0.717) is 35.9 Å². The van der Waals surface area contributed by atoms with Crippen LogP contribution in [-0.4, -0.2) is 39.2 Å². The zero-order chi connectivity index (χ0) is 21.9. The molecule has 7 nitrogen and oxygen atoms in total. The van der Waals surface area contributed by atoms with Crippen LogP contribution in [0.25, 0.3) is 0 Å². The van der Waals surface area contributed by atoms with Crippen LogP contribution in [0.2, 0.25) is 0 Å². The van der Waals surface area contributed by atoms with E-state index in [1.54, 1.807) is 37.4 Å². The van der Waals surface area contributed by atoms with Crippen LogP contribution in [-0.2, 0) is 13.1 Å². The number of rotatable bonds is 9. The van der Waals surface area contributed by atoms with E-state index >= 15 is 0 Å². The first kappa shape index (κ1) is 22.9. The summed E-state index contributed by atoms with van der Waals surface area (Å²) in [6, 6.07) is 11.8. The van der Waals surface area contributed by atoms with E-state index in [2.05, 4.69) is 25.7 Å². The number of carbonyl (C=O) groups excluding carboxylic acids is 1. The monoisotopic (exact) mass is 420 g/mol. The number of hydrogen-bond donors (Lipinski definition) is 3. The minimum Gasteiger partial charge on any atom is -0.497 e. The van der Waals surface area contributed by atoms with Gasteiger partial charge in [0.15, 0.2) is 5.96 Å². The normalized spacial score (nSPS) is 11.2. The van der Waals surface area contributed by atoms with Gasteiger partial charge in [0.05, 0.1) is 13.7 Å². The molecule has 0 bridgehead atoms. The van der Waals surface area contributed by atoms with Crippen molar-refractivity contribution in [3.05, 3.63) is 59.2 Å². The lowest BCUT2D eigenvalue weighted by atomic mass is 10.1. The lowest BCUT2D eigenvalue weighted by Crippen LogP contribution is -2.36. The van der Waals surface area contributed by atoms with Gasteiger partial charge in [0.25, 0.3) is 5.91 Å². The van der Waals surface area contributed by atoms with E-state index in [1.807, 2.05) is 13.0 Å². The van der Waals surface area contributed by atoms with Crippen molar-refractivity contribution < 1.29 is 23.0 Å². The Morgan fingerprint density at radius 3 is 2.63 bits per heavy atom. The molecule has 3 N–H and O–H groups in total. The van der Waals surface area contributed by atoms with Gasteiger partial charge in [-0.3, -0.25) is 4.79 Å². The molecular formula is C21H26F2N4O3. The van der Waals surface area contributed by atoms with Gasteiger partial charge in [-0.05, 0) is 42.8 Å². The van der Waals surface area contributed by atoms with Crippen LogP contribution in [0.5, 0.6) is 11.5 Å². The molecular weight excluding hydrogens is 394 g/mol. The average molecular weight is 420 g/mol. The molecule has 0 unspecified atom stereocenters. The lowest BCUT2D eigenvalue weighted by molar-refractivity contribution is -0.0505. The number of nitrogens with one attached hydrogen (secondary N) is 3. The van der Waals surface area contributed by atoms with Gasteiger partial charge in [0, 0.05) is 31.3 Å². The standard InChI is InChI=1S/C21H26F2N4O3/c1-4-25-21(26-12-14-6-5-7-15(10-14)19(28)24-2)27-13-16-11-17(29-3)8-9-18(16)30-20(22)23/h5-11,20H,4,12-13H2,1-3H3,(H,24,28)(H2,25,26,27). The summed E-state index contributed by atoms with van der Waals surface area (Å²) < 4.78 is 35.1. The van der Waals surface area contributed by atoms with Gasteiger partial charge >= 0.3 is 6.61 Å². The number of ether oxygens (including phenoxy) is 2. The Bertz CT molecular complexity index is 875. The topological polar surface area (TPSA) is 84.0 Å². The molecule has 0 radical (unpaired) electrons. The smallest absolute Gasteiger partial charge is 0.387 e. The predicted octanol–water partition coefficient (Wildman–Crippen LogP) is 2.91. The fourth-order valence-corrected chi connectivity index (χ4v) is 2.68. The SMILES string of the molecule is CCNC(=NCc1cccc(C(=O)NC)c1)NCc1cc(OC)ccc1OC(F)F. The van der Waals surface area contributed by atoms with Crippen molar-refractivity contribution in [3.63, 3.8) is 0 Å². The highest BCUT2D eigenvalue weighted by atomic mass is 19.3. The first-order valence-electron chi connectivity index (χ1n) is 9.41. The van der Waals surface area contributed by atoms with Crippen LogP contribution in [0.15, 0.2) is 47.5 Å². The summed E-state index contributed by atoms with van der Waals surface area (Å²) in [6.45, 7) is 0.136. The van der Waals surface area contributed by atoms with E-state index in [1.165, 1.54) is 13.2 Å². The molecule has 2 rings (SSSR count). The van der Waals surface area contributed by atoms with Gasteiger partial charge < -0.3 is 25.4 Å². The molecule has 0 saturated carbocycles. The maximum absolute atomic E-state index is 12.7. The number of nitrogens with zero attached hydrogens (tertiary/aromatic N) is 1. The van der Waals surface area contributed by atoms with Crippen LogP contribution >= 0.6 is 0 Å². The number of amides is 1. The number of methoxy groups -OCH3 is 1. The number of benzene rings is 2. The molecule has 1 amide bonds. The number of aliphatic imine (C=N–C) groups is 1. The van der Waals surface area contributed by atoms with E-state index in [4.69, 9.17) is 4.74 Å². The van der Waals surface area contributed by atoms with Crippen LogP contribution in [0.1, 0.15) is 28.4 Å². The van der Waals surface area contributed by atoms with Gasteiger partial charge in [0.1, 0.15) is 11.5 Å². The van der Waals surface area contributed by atoms with Gasteiger partial charge in [0.2, 0.25) is 0 Å². The summed E-state index contributed by atoms with van der Waals surface area (Å²) in [5, 5.41) is 8.78. The Morgan fingerprint density at radius 1 is 1.17 bits per heavy atom. The van der Waals surface area contributed by atoms with Crippen LogP contribution in [0.4, 0.5) is 8.78 Å². The molecule has 30 heavy (non-hydrogen) atoms. The quantitative estimate of drug-likeness (QED) is 0.429. The number of carbonyl (C=O) groups is 1. The first-order valence-corrected chi connectivity index (χ1v) is 9.41. The van der Waals surface area contributed by atoms with E-state index in [0.717, 1.165) is 5.56 Å². The molecule has 2 aromatic carbocycles. The summed E-state index contributed by atoms with van der Waals surface area (Å²) in [7, 11) is 3.07. The van der Waals surface area contributed by atoms with Crippen molar-refractivity contribution in [2.75, 3.05) is 20.7 Å². The van der Waals surface area contributed by atoms with Crippen molar-refractivity contribution >= 4 is 11.9 Å².